The Kier molecular flexibility index (Phi) is 7.05. The Hall–Kier alpha value is -1.40. The first-order valence-corrected chi connectivity index (χ1v) is 9.02. The lowest BCUT2D eigenvalue weighted by Gasteiger charge is -2.07. The summed E-state index contributed by atoms with van der Waals surface area (Å²) >= 11 is 4.78. The fourth-order valence-corrected chi connectivity index (χ4v) is 3.48. The van der Waals surface area contributed by atoms with Crippen LogP contribution in [0.3, 0.4) is 0 Å². The van der Waals surface area contributed by atoms with Crippen molar-refractivity contribution < 1.29 is 13.6 Å². The maximum absolute atomic E-state index is 13.0. The van der Waals surface area contributed by atoms with Gasteiger partial charge in [-0.2, -0.15) is 0 Å². The van der Waals surface area contributed by atoms with E-state index in [-0.39, 0.29) is 17.5 Å². The van der Waals surface area contributed by atoms with E-state index in [0.29, 0.717) is 28.9 Å². The molecule has 1 N–H and O–H groups in total. The number of hydrogen-bond acceptors (Lipinski definition) is 2. The largest absolute Gasteiger partial charge is 0.355 e. The molecule has 122 valence electrons. The minimum atomic E-state index is -0.288. The summed E-state index contributed by atoms with van der Waals surface area (Å²) in [6.07, 6.45) is 0.667. The molecule has 0 atom stereocenters. The quantitative estimate of drug-likeness (QED) is 0.750. The minimum absolute atomic E-state index is 0.0460. The minimum Gasteiger partial charge on any atom is -0.355 e. The Balaban J connectivity index is 1.66. The predicted molar refractivity (Wildman–Crippen MR) is 93.4 cm³/mol. The van der Waals surface area contributed by atoms with Crippen molar-refractivity contribution in [1.82, 2.24) is 5.32 Å². The van der Waals surface area contributed by atoms with Gasteiger partial charge in [0.2, 0.25) is 5.91 Å². The van der Waals surface area contributed by atoms with Gasteiger partial charge in [0.1, 0.15) is 11.6 Å². The first-order valence-electron chi connectivity index (χ1n) is 7.07. The Morgan fingerprint density at radius 2 is 1.78 bits per heavy atom. The summed E-state index contributed by atoms with van der Waals surface area (Å²) < 4.78 is 26.5. The van der Waals surface area contributed by atoms with Gasteiger partial charge in [-0.3, -0.25) is 4.79 Å². The van der Waals surface area contributed by atoms with Crippen molar-refractivity contribution in [3.63, 3.8) is 0 Å². The number of nitrogens with one attached hydrogen (secondary N) is 1. The van der Waals surface area contributed by atoms with E-state index in [1.54, 1.807) is 18.2 Å². The fraction of sp³-hybridized carbons (Fsp3) is 0.235. The lowest BCUT2D eigenvalue weighted by molar-refractivity contribution is -0.118. The molecule has 0 spiro atoms. The summed E-state index contributed by atoms with van der Waals surface area (Å²) in [5, 5.41) is 2.83. The molecular weight excluding hydrogens is 384 g/mol. The molecule has 2 aromatic carbocycles. The number of amides is 1. The molecule has 0 saturated carbocycles. The van der Waals surface area contributed by atoms with Crippen LogP contribution in [0.15, 0.2) is 46.9 Å². The van der Waals surface area contributed by atoms with Crippen molar-refractivity contribution >= 4 is 33.6 Å². The zero-order valence-corrected chi connectivity index (χ0v) is 14.7. The smallest absolute Gasteiger partial charge is 0.230 e. The van der Waals surface area contributed by atoms with Crippen LogP contribution < -0.4 is 5.32 Å². The molecule has 1 amide bonds. The van der Waals surface area contributed by atoms with Crippen LogP contribution in [0.4, 0.5) is 8.78 Å². The molecule has 23 heavy (non-hydrogen) atoms. The SMILES string of the molecule is O=C(CSCc1ccc(F)cc1Br)NCCc1ccc(F)cc1. The van der Waals surface area contributed by atoms with Crippen LogP contribution in [0.25, 0.3) is 0 Å². The Labute approximate surface area is 146 Å². The third-order valence-electron chi connectivity index (χ3n) is 3.15. The molecule has 2 aromatic rings. The highest BCUT2D eigenvalue weighted by molar-refractivity contribution is 9.10. The standard InChI is InChI=1S/C17H16BrF2NOS/c18-16-9-15(20)6-3-13(16)10-23-11-17(22)21-8-7-12-1-4-14(19)5-2-12/h1-6,9H,7-8,10-11H2,(H,21,22). The van der Waals surface area contributed by atoms with Gasteiger partial charge in [-0.05, 0) is 41.8 Å². The predicted octanol–water partition coefficient (Wildman–Crippen LogP) is 4.32. The first kappa shape index (κ1) is 17.9. The number of benzene rings is 2. The van der Waals surface area contributed by atoms with Gasteiger partial charge in [0.15, 0.2) is 0 Å². The molecule has 0 aliphatic carbocycles. The van der Waals surface area contributed by atoms with E-state index >= 15 is 0 Å². The van der Waals surface area contributed by atoms with Crippen molar-refractivity contribution in [3.05, 3.63) is 69.7 Å². The molecule has 0 aromatic heterocycles. The molecule has 0 radical (unpaired) electrons. The third-order valence-corrected chi connectivity index (χ3v) is 4.87. The molecule has 0 saturated heterocycles. The monoisotopic (exact) mass is 399 g/mol. The van der Waals surface area contributed by atoms with E-state index in [4.69, 9.17) is 0 Å². The van der Waals surface area contributed by atoms with E-state index in [2.05, 4.69) is 21.2 Å². The summed E-state index contributed by atoms with van der Waals surface area (Å²) in [6, 6.07) is 10.8. The Bertz CT molecular complexity index is 664. The van der Waals surface area contributed by atoms with Gasteiger partial charge >= 0.3 is 0 Å². The topological polar surface area (TPSA) is 29.1 Å². The van der Waals surface area contributed by atoms with Crippen LogP contribution in [-0.2, 0) is 17.0 Å². The highest BCUT2D eigenvalue weighted by Gasteiger charge is 2.05. The number of hydrogen-bond donors (Lipinski definition) is 1. The van der Waals surface area contributed by atoms with E-state index in [0.717, 1.165) is 11.1 Å². The van der Waals surface area contributed by atoms with E-state index in [9.17, 15) is 13.6 Å². The summed E-state index contributed by atoms with van der Waals surface area (Å²) in [7, 11) is 0. The second kappa shape index (κ2) is 9.03. The Morgan fingerprint density at radius 3 is 2.48 bits per heavy atom. The summed E-state index contributed by atoms with van der Waals surface area (Å²) in [6.45, 7) is 0.519. The van der Waals surface area contributed by atoms with Crippen LogP contribution in [0.2, 0.25) is 0 Å². The molecule has 6 heteroatoms. The van der Waals surface area contributed by atoms with Gasteiger partial charge in [-0.25, -0.2) is 8.78 Å². The average molecular weight is 400 g/mol. The lowest BCUT2D eigenvalue weighted by Crippen LogP contribution is -2.27. The molecule has 0 fully saturated rings. The molecular formula is C17H16BrF2NOS. The molecule has 0 heterocycles. The summed E-state index contributed by atoms with van der Waals surface area (Å²) in [5.41, 5.74) is 1.94. The molecule has 0 bridgehead atoms. The van der Waals surface area contributed by atoms with E-state index < -0.39 is 0 Å². The molecule has 0 unspecified atom stereocenters. The summed E-state index contributed by atoms with van der Waals surface area (Å²) in [4.78, 5) is 11.8. The molecule has 0 aliphatic rings. The third kappa shape index (κ3) is 6.31. The second-order valence-electron chi connectivity index (χ2n) is 4.95. The van der Waals surface area contributed by atoms with Crippen molar-refractivity contribution in [2.75, 3.05) is 12.3 Å². The van der Waals surface area contributed by atoms with Gasteiger partial charge in [0.05, 0.1) is 5.75 Å². The van der Waals surface area contributed by atoms with E-state index in [1.165, 1.54) is 36.0 Å². The van der Waals surface area contributed by atoms with Crippen LogP contribution in [0.5, 0.6) is 0 Å². The number of carbonyl (C=O) groups excluding carboxylic acids is 1. The van der Waals surface area contributed by atoms with Gasteiger partial charge < -0.3 is 5.32 Å². The van der Waals surface area contributed by atoms with Gasteiger partial charge in [-0.1, -0.05) is 34.1 Å². The Morgan fingerprint density at radius 1 is 1.09 bits per heavy atom. The first-order chi connectivity index (χ1) is 11.0. The number of rotatable bonds is 7. The normalized spacial score (nSPS) is 10.6. The maximum atomic E-state index is 13.0. The van der Waals surface area contributed by atoms with Crippen molar-refractivity contribution in [2.45, 2.75) is 12.2 Å². The highest BCUT2D eigenvalue weighted by Crippen LogP contribution is 2.22. The molecule has 0 aliphatic heterocycles. The van der Waals surface area contributed by atoms with Crippen molar-refractivity contribution in [2.24, 2.45) is 0 Å². The van der Waals surface area contributed by atoms with Gasteiger partial charge in [0, 0.05) is 16.8 Å². The zero-order valence-electron chi connectivity index (χ0n) is 12.3. The van der Waals surface area contributed by atoms with Crippen LogP contribution in [0, 0.1) is 11.6 Å². The van der Waals surface area contributed by atoms with Gasteiger partial charge in [0.25, 0.3) is 0 Å². The lowest BCUT2D eigenvalue weighted by atomic mass is 10.1. The van der Waals surface area contributed by atoms with Crippen molar-refractivity contribution in [3.8, 4) is 0 Å². The average Bonchev–Trinajstić information content (AvgIpc) is 2.51. The second-order valence-corrected chi connectivity index (χ2v) is 6.79. The highest BCUT2D eigenvalue weighted by atomic mass is 79.9. The van der Waals surface area contributed by atoms with Gasteiger partial charge in [-0.15, -0.1) is 11.8 Å². The van der Waals surface area contributed by atoms with E-state index in [1.807, 2.05) is 0 Å². The summed E-state index contributed by atoms with van der Waals surface area (Å²) in [5.74, 6) is 0.375. The number of thioether (sulfide) groups is 1. The van der Waals surface area contributed by atoms with Crippen molar-refractivity contribution in [1.29, 1.82) is 0 Å². The fourth-order valence-electron chi connectivity index (χ4n) is 1.94. The zero-order chi connectivity index (χ0) is 16.7. The maximum Gasteiger partial charge on any atom is 0.230 e. The molecule has 2 nitrogen and oxygen atoms in total. The number of carbonyl (C=O) groups is 1. The van der Waals surface area contributed by atoms with Crippen LogP contribution in [0.1, 0.15) is 11.1 Å². The van der Waals surface area contributed by atoms with Crippen LogP contribution in [-0.4, -0.2) is 18.2 Å². The van der Waals surface area contributed by atoms with Crippen LogP contribution >= 0.6 is 27.7 Å². The molecule has 2 rings (SSSR count). The number of halogens is 3.